The third kappa shape index (κ3) is 4.25. The van der Waals surface area contributed by atoms with Gasteiger partial charge in [0.15, 0.2) is 0 Å². The molecule has 16 heavy (non-hydrogen) atoms. The Morgan fingerprint density at radius 3 is 2.50 bits per heavy atom. The van der Waals surface area contributed by atoms with E-state index in [4.69, 9.17) is 23.2 Å². The van der Waals surface area contributed by atoms with Crippen LogP contribution in [0.2, 0.25) is 8.67 Å². The van der Waals surface area contributed by atoms with Crippen LogP contribution in [0.5, 0.6) is 0 Å². The zero-order valence-corrected chi connectivity index (χ0v) is 12.3. The van der Waals surface area contributed by atoms with Crippen LogP contribution in [0, 0.1) is 5.92 Å². The van der Waals surface area contributed by atoms with Gasteiger partial charge in [-0.1, -0.05) is 44.0 Å². The van der Waals surface area contributed by atoms with E-state index in [-0.39, 0.29) is 0 Å². The molecule has 0 fully saturated rings. The van der Waals surface area contributed by atoms with Gasteiger partial charge in [0.1, 0.15) is 0 Å². The van der Waals surface area contributed by atoms with Crippen molar-refractivity contribution in [2.45, 2.75) is 39.7 Å². The molecule has 1 rings (SSSR count). The lowest BCUT2D eigenvalue weighted by atomic mass is 9.99. The van der Waals surface area contributed by atoms with Crippen LogP contribution in [0.3, 0.4) is 0 Å². The highest BCUT2D eigenvalue weighted by Crippen LogP contribution is 2.37. The number of hydrogen-bond donors (Lipinski definition) is 1. The third-order valence-corrected chi connectivity index (χ3v) is 3.92. The van der Waals surface area contributed by atoms with E-state index in [2.05, 4.69) is 26.1 Å². The van der Waals surface area contributed by atoms with Gasteiger partial charge in [-0.25, -0.2) is 0 Å². The van der Waals surface area contributed by atoms with E-state index in [1.165, 1.54) is 11.3 Å². The molecule has 1 nitrogen and oxygen atoms in total. The summed E-state index contributed by atoms with van der Waals surface area (Å²) in [7, 11) is 0. The minimum atomic E-state index is 0.330. The molecule has 0 bridgehead atoms. The molecule has 0 saturated heterocycles. The Morgan fingerprint density at radius 2 is 2.06 bits per heavy atom. The second-order valence-electron chi connectivity index (χ2n) is 4.42. The second-order valence-corrected chi connectivity index (χ2v) is 6.70. The van der Waals surface area contributed by atoms with Crippen molar-refractivity contribution in [3.8, 4) is 0 Å². The Balaban J connectivity index is 2.78. The molecule has 1 N–H and O–H groups in total. The Hall–Kier alpha value is 0.240. The largest absolute Gasteiger partial charge is 0.310 e. The van der Waals surface area contributed by atoms with Gasteiger partial charge < -0.3 is 5.32 Å². The molecule has 1 atom stereocenters. The lowest BCUT2D eigenvalue weighted by molar-refractivity contribution is 0.431. The first-order valence-corrected chi connectivity index (χ1v) is 7.30. The molecule has 0 aliphatic heterocycles. The monoisotopic (exact) mass is 279 g/mol. The van der Waals surface area contributed by atoms with Crippen molar-refractivity contribution in [1.82, 2.24) is 5.32 Å². The Labute approximate surface area is 112 Å². The summed E-state index contributed by atoms with van der Waals surface area (Å²) in [5, 5.41) is 3.53. The van der Waals surface area contributed by atoms with Crippen LogP contribution < -0.4 is 5.32 Å². The summed E-state index contributed by atoms with van der Waals surface area (Å²) in [6, 6.07) is 2.32. The van der Waals surface area contributed by atoms with Crippen molar-refractivity contribution < 1.29 is 0 Å². The van der Waals surface area contributed by atoms with Crippen molar-refractivity contribution in [2.75, 3.05) is 6.54 Å². The third-order valence-electron chi connectivity index (χ3n) is 2.41. The van der Waals surface area contributed by atoms with Gasteiger partial charge in [-0.2, -0.15) is 0 Å². The van der Waals surface area contributed by atoms with Crippen molar-refractivity contribution in [2.24, 2.45) is 5.92 Å². The molecule has 1 unspecified atom stereocenters. The van der Waals surface area contributed by atoms with Crippen molar-refractivity contribution >= 4 is 34.5 Å². The van der Waals surface area contributed by atoms with Gasteiger partial charge in [0, 0.05) is 11.6 Å². The van der Waals surface area contributed by atoms with Crippen LogP contribution in [-0.2, 0) is 0 Å². The molecule has 0 aromatic carbocycles. The minimum absolute atomic E-state index is 0.330. The van der Waals surface area contributed by atoms with Crippen molar-refractivity contribution in [3.63, 3.8) is 0 Å². The minimum Gasteiger partial charge on any atom is -0.310 e. The molecule has 1 heterocycles. The van der Waals surface area contributed by atoms with Crippen LogP contribution in [-0.4, -0.2) is 6.54 Å². The topological polar surface area (TPSA) is 12.0 Å². The van der Waals surface area contributed by atoms with Crippen LogP contribution in [0.25, 0.3) is 0 Å². The van der Waals surface area contributed by atoms with E-state index in [1.54, 1.807) is 0 Å². The number of halogens is 2. The lowest BCUT2D eigenvalue weighted by Gasteiger charge is -2.20. The van der Waals surface area contributed by atoms with Crippen LogP contribution in [0.4, 0.5) is 0 Å². The SMILES string of the molecule is CCCNC(CC(C)C)c1cc(Cl)sc1Cl. The smallest absolute Gasteiger partial charge is 0.0991 e. The summed E-state index contributed by atoms with van der Waals surface area (Å²) in [4.78, 5) is 0. The second kappa shape index (κ2) is 6.85. The molecular formula is C12H19Cl2NS. The number of thiophene rings is 1. The van der Waals surface area contributed by atoms with E-state index < -0.39 is 0 Å². The summed E-state index contributed by atoms with van der Waals surface area (Å²) in [5.74, 6) is 0.643. The molecule has 0 spiro atoms. The average Bonchev–Trinajstić information content (AvgIpc) is 2.52. The summed E-state index contributed by atoms with van der Waals surface area (Å²) in [6.45, 7) is 7.63. The molecule has 1 aromatic rings. The van der Waals surface area contributed by atoms with Gasteiger partial charge in [-0.05, 0) is 31.4 Å². The number of nitrogens with one attached hydrogen (secondary N) is 1. The fraction of sp³-hybridized carbons (Fsp3) is 0.667. The maximum atomic E-state index is 6.20. The Kier molecular flexibility index (Phi) is 6.12. The predicted molar refractivity (Wildman–Crippen MR) is 74.8 cm³/mol. The van der Waals surface area contributed by atoms with E-state index in [1.807, 2.05) is 6.07 Å². The van der Waals surface area contributed by atoms with Gasteiger partial charge in [0.2, 0.25) is 0 Å². The van der Waals surface area contributed by atoms with Crippen molar-refractivity contribution in [1.29, 1.82) is 0 Å². The van der Waals surface area contributed by atoms with Crippen molar-refractivity contribution in [3.05, 3.63) is 20.3 Å². The van der Waals surface area contributed by atoms with E-state index >= 15 is 0 Å². The molecular weight excluding hydrogens is 261 g/mol. The number of hydrogen-bond acceptors (Lipinski definition) is 2. The molecule has 4 heteroatoms. The highest BCUT2D eigenvalue weighted by atomic mass is 35.5. The Morgan fingerprint density at radius 1 is 1.38 bits per heavy atom. The summed E-state index contributed by atoms with van der Waals surface area (Å²) in [6.07, 6.45) is 2.22. The zero-order chi connectivity index (χ0) is 12.1. The maximum Gasteiger partial charge on any atom is 0.0991 e. The van der Waals surface area contributed by atoms with E-state index in [0.29, 0.717) is 12.0 Å². The average molecular weight is 280 g/mol. The molecule has 1 aromatic heterocycles. The lowest BCUT2D eigenvalue weighted by Crippen LogP contribution is -2.23. The first-order valence-electron chi connectivity index (χ1n) is 5.72. The molecule has 0 aliphatic carbocycles. The van der Waals surface area contributed by atoms with Crippen LogP contribution in [0.1, 0.15) is 45.2 Å². The molecule has 0 aliphatic rings. The van der Waals surface area contributed by atoms with Gasteiger partial charge in [0.05, 0.1) is 8.67 Å². The fourth-order valence-electron chi connectivity index (χ4n) is 1.70. The van der Waals surface area contributed by atoms with Crippen LogP contribution >= 0.6 is 34.5 Å². The standard InChI is InChI=1S/C12H19Cl2NS/c1-4-5-15-10(6-8(2)3)9-7-11(13)16-12(9)14/h7-8,10,15H,4-6H2,1-3H3. The van der Waals surface area contributed by atoms with Gasteiger partial charge in [-0.15, -0.1) is 11.3 Å². The molecule has 0 saturated carbocycles. The molecule has 0 radical (unpaired) electrons. The van der Waals surface area contributed by atoms with Gasteiger partial charge in [-0.3, -0.25) is 0 Å². The molecule has 0 amide bonds. The first kappa shape index (κ1) is 14.3. The normalized spacial score (nSPS) is 13.4. The van der Waals surface area contributed by atoms with Crippen LogP contribution in [0.15, 0.2) is 6.07 Å². The fourth-order valence-corrected chi connectivity index (χ4v) is 3.28. The number of rotatable bonds is 6. The summed E-state index contributed by atoms with van der Waals surface area (Å²) < 4.78 is 1.59. The summed E-state index contributed by atoms with van der Waals surface area (Å²) >= 11 is 13.6. The quantitative estimate of drug-likeness (QED) is 0.760. The van der Waals surface area contributed by atoms with Gasteiger partial charge in [0.25, 0.3) is 0 Å². The maximum absolute atomic E-state index is 6.20. The van der Waals surface area contributed by atoms with Gasteiger partial charge >= 0.3 is 0 Å². The Bertz CT molecular complexity index is 323. The zero-order valence-electron chi connectivity index (χ0n) is 10.0. The highest BCUT2D eigenvalue weighted by molar-refractivity contribution is 7.20. The summed E-state index contributed by atoms with van der Waals surface area (Å²) in [5.41, 5.74) is 1.15. The van der Waals surface area contributed by atoms with E-state index in [0.717, 1.165) is 33.6 Å². The highest BCUT2D eigenvalue weighted by Gasteiger charge is 2.18. The predicted octanol–water partition coefficient (Wildman–Crippen LogP) is 5.14. The van der Waals surface area contributed by atoms with E-state index in [9.17, 15) is 0 Å². The first-order chi connectivity index (χ1) is 7.54. The molecule has 92 valence electrons.